The third-order valence-electron chi connectivity index (χ3n) is 3.00. The smallest absolute Gasteiger partial charge is 0.195 e. The Hall–Kier alpha value is -3.70. The molecule has 0 saturated heterocycles. The van der Waals surface area contributed by atoms with Gasteiger partial charge in [-0.15, -0.1) is 0 Å². The van der Waals surface area contributed by atoms with Crippen molar-refractivity contribution in [3.05, 3.63) is 87.8 Å². The van der Waals surface area contributed by atoms with Crippen molar-refractivity contribution in [2.75, 3.05) is 0 Å². The largest absolute Gasteiger partial charge is 0.508 e. The van der Waals surface area contributed by atoms with E-state index in [-0.39, 0.29) is 28.6 Å². The maximum absolute atomic E-state index is 9.49. The lowest BCUT2D eigenvalue weighted by atomic mass is 10.1. The summed E-state index contributed by atoms with van der Waals surface area (Å²) in [5, 5.41) is 28.0. The topological polar surface area (TPSA) is 69.4 Å². The first kappa shape index (κ1) is 15.7. The summed E-state index contributed by atoms with van der Waals surface area (Å²) < 4.78 is 0. The van der Waals surface area contributed by atoms with Gasteiger partial charge in [0.2, 0.25) is 0 Å². The molecular weight excluding hydrogens is 292 g/mol. The molecule has 2 rings (SSSR count). The Morgan fingerprint density at radius 1 is 0.739 bits per heavy atom. The summed E-state index contributed by atoms with van der Waals surface area (Å²) >= 11 is 0. The first-order valence-corrected chi connectivity index (χ1v) is 6.53. The van der Waals surface area contributed by atoms with Crippen LogP contribution in [-0.4, -0.2) is 15.3 Å². The van der Waals surface area contributed by atoms with Gasteiger partial charge in [0.1, 0.15) is 5.75 Å². The Morgan fingerprint density at radius 3 is 1.78 bits per heavy atom. The van der Waals surface area contributed by atoms with Crippen LogP contribution >= 0.6 is 0 Å². The van der Waals surface area contributed by atoms with Gasteiger partial charge in [-0.2, -0.15) is 0 Å². The minimum absolute atomic E-state index is 0.109. The van der Waals surface area contributed by atoms with Crippen molar-refractivity contribution >= 4 is 12.2 Å². The fraction of sp³-hybridized carbons (Fsp3) is 0. The lowest BCUT2D eigenvalue weighted by Gasteiger charge is -2.01. The molecule has 2 aromatic rings. The van der Waals surface area contributed by atoms with Crippen LogP contribution in [0.4, 0.5) is 0 Å². The van der Waals surface area contributed by atoms with Gasteiger partial charge in [-0.1, -0.05) is 30.4 Å². The van der Waals surface area contributed by atoms with Crippen LogP contribution in [-0.2, 0) is 0 Å². The van der Waals surface area contributed by atoms with E-state index in [4.69, 9.17) is 13.1 Å². The molecule has 5 heteroatoms. The van der Waals surface area contributed by atoms with E-state index in [1.807, 2.05) is 0 Å². The van der Waals surface area contributed by atoms with Crippen molar-refractivity contribution in [1.82, 2.24) is 0 Å². The fourth-order valence-corrected chi connectivity index (χ4v) is 1.84. The van der Waals surface area contributed by atoms with E-state index in [2.05, 4.69) is 9.69 Å². The molecule has 0 saturated carbocycles. The second kappa shape index (κ2) is 6.84. The summed E-state index contributed by atoms with van der Waals surface area (Å²) in [5.41, 5.74) is 1.42. The lowest BCUT2D eigenvalue weighted by Crippen LogP contribution is -1.82. The Bertz CT molecular complexity index is 867. The van der Waals surface area contributed by atoms with Crippen LogP contribution in [0.2, 0.25) is 0 Å². The van der Waals surface area contributed by atoms with Crippen molar-refractivity contribution in [2.24, 2.45) is 0 Å². The number of hydrogen-bond donors (Lipinski definition) is 3. The van der Waals surface area contributed by atoms with Crippen LogP contribution in [0.5, 0.6) is 17.2 Å². The van der Waals surface area contributed by atoms with Crippen LogP contribution in [0.15, 0.2) is 53.9 Å². The Kier molecular flexibility index (Phi) is 4.66. The SMILES string of the molecule is [C-]#[N+]C(=Cc1ccc(O)cc1)C(=Cc1ccc(O)c(O)c1)[N+]#[C-]. The van der Waals surface area contributed by atoms with Crippen LogP contribution in [0.1, 0.15) is 11.1 Å². The van der Waals surface area contributed by atoms with Crippen molar-refractivity contribution in [3.8, 4) is 17.2 Å². The van der Waals surface area contributed by atoms with Gasteiger partial charge < -0.3 is 15.3 Å². The molecule has 0 aliphatic heterocycles. The predicted octanol–water partition coefficient (Wildman–Crippen LogP) is 4.02. The quantitative estimate of drug-likeness (QED) is 0.455. The lowest BCUT2D eigenvalue weighted by molar-refractivity contribution is 0.403. The van der Waals surface area contributed by atoms with E-state index in [1.54, 1.807) is 12.1 Å². The summed E-state index contributed by atoms with van der Waals surface area (Å²) in [6, 6.07) is 10.4. The second-order valence-electron chi connectivity index (χ2n) is 4.62. The molecule has 0 aliphatic carbocycles. The second-order valence-corrected chi connectivity index (χ2v) is 4.62. The van der Waals surface area contributed by atoms with E-state index < -0.39 is 0 Å². The van der Waals surface area contributed by atoms with Gasteiger partial charge in [-0.05, 0) is 35.4 Å². The standard InChI is InChI=1S/C18H12N2O3/c1-19-15(9-12-3-6-14(21)7-4-12)16(20-2)10-13-5-8-17(22)18(23)11-13/h3-11,21-23H. The molecule has 0 unspecified atom stereocenters. The van der Waals surface area contributed by atoms with Crippen LogP contribution in [0.25, 0.3) is 21.8 Å². The van der Waals surface area contributed by atoms with Crippen LogP contribution in [0.3, 0.4) is 0 Å². The molecule has 5 nitrogen and oxygen atoms in total. The molecule has 2 aromatic carbocycles. The first-order chi connectivity index (χ1) is 11.0. The highest BCUT2D eigenvalue weighted by Crippen LogP contribution is 2.28. The Labute approximate surface area is 133 Å². The number of hydrogen-bond acceptors (Lipinski definition) is 3. The minimum Gasteiger partial charge on any atom is -0.508 e. The molecule has 0 heterocycles. The third-order valence-corrected chi connectivity index (χ3v) is 3.00. The van der Waals surface area contributed by atoms with E-state index in [0.29, 0.717) is 11.1 Å². The molecule has 0 atom stereocenters. The van der Waals surface area contributed by atoms with E-state index in [9.17, 15) is 15.3 Å². The minimum atomic E-state index is -0.296. The number of nitrogens with zero attached hydrogens (tertiary/aromatic N) is 2. The molecule has 0 fully saturated rings. The molecule has 23 heavy (non-hydrogen) atoms. The molecule has 0 bridgehead atoms. The highest BCUT2D eigenvalue weighted by Gasteiger charge is 2.07. The number of aromatic hydroxyl groups is 3. The maximum Gasteiger partial charge on any atom is 0.195 e. The molecule has 112 valence electrons. The van der Waals surface area contributed by atoms with Gasteiger partial charge in [-0.25, -0.2) is 0 Å². The van der Waals surface area contributed by atoms with E-state index in [0.717, 1.165) is 0 Å². The van der Waals surface area contributed by atoms with E-state index in [1.165, 1.54) is 42.5 Å². The number of rotatable bonds is 3. The molecule has 3 N–H and O–H groups in total. The van der Waals surface area contributed by atoms with Gasteiger partial charge in [-0.3, -0.25) is 9.69 Å². The summed E-state index contributed by atoms with van der Waals surface area (Å²) in [4.78, 5) is 6.72. The molecule has 0 spiro atoms. The highest BCUT2D eigenvalue weighted by atomic mass is 16.3. The highest BCUT2D eigenvalue weighted by molar-refractivity contribution is 5.70. The van der Waals surface area contributed by atoms with Gasteiger partial charge in [0.15, 0.2) is 22.9 Å². The molecule has 0 amide bonds. The van der Waals surface area contributed by atoms with Gasteiger partial charge in [0, 0.05) is 0 Å². The first-order valence-electron chi connectivity index (χ1n) is 6.53. The summed E-state index contributed by atoms with van der Waals surface area (Å²) in [7, 11) is 0. The Morgan fingerprint density at radius 2 is 1.26 bits per heavy atom. The monoisotopic (exact) mass is 304 g/mol. The summed E-state index contributed by atoms with van der Waals surface area (Å²) in [6.07, 6.45) is 2.99. The van der Waals surface area contributed by atoms with Crippen molar-refractivity contribution in [2.45, 2.75) is 0 Å². The van der Waals surface area contributed by atoms with Crippen molar-refractivity contribution in [3.63, 3.8) is 0 Å². The summed E-state index contributed by atoms with van der Waals surface area (Å²) in [5.74, 6) is -0.432. The van der Waals surface area contributed by atoms with Crippen molar-refractivity contribution < 1.29 is 15.3 Å². The molecule has 0 aliphatic rings. The number of phenolic OH excluding ortho intramolecular Hbond substituents is 3. The van der Waals surface area contributed by atoms with Crippen LogP contribution < -0.4 is 0 Å². The van der Waals surface area contributed by atoms with Crippen LogP contribution in [0, 0.1) is 13.1 Å². The summed E-state index contributed by atoms with van der Waals surface area (Å²) in [6.45, 7) is 14.5. The predicted molar refractivity (Wildman–Crippen MR) is 87.0 cm³/mol. The van der Waals surface area contributed by atoms with Crippen molar-refractivity contribution in [1.29, 1.82) is 0 Å². The number of benzene rings is 2. The zero-order chi connectivity index (χ0) is 16.8. The zero-order valence-corrected chi connectivity index (χ0v) is 11.9. The average Bonchev–Trinajstić information content (AvgIpc) is 2.55. The molecule has 0 radical (unpaired) electrons. The maximum atomic E-state index is 9.49. The van der Waals surface area contributed by atoms with Gasteiger partial charge >= 0.3 is 0 Å². The normalized spacial score (nSPS) is 11.6. The zero-order valence-electron chi connectivity index (χ0n) is 11.9. The average molecular weight is 304 g/mol. The number of phenols is 3. The molecular formula is C18H12N2O3. The van der Waals surface area contributed by atoms with Gasteiger partial charge in [0.05, 0.1) is 13.1 Å². The molecule has 0 aromatic heterocycles. The van der Waals surface area contributed by atoms with Gasteiger partial charge in [0.25, 0.3) is 0 Å². The Balaban J connectivity index is 2.43. The fourth-order valence-electron chi connectivity index (χ4n) is 1.84. The third kappa shape index (κ3) is 3.90. The van der Waals surface area contributed by atoms with E-state index >= 15 is 0 Å².